The lowest BCUT2D eigenvalue weighted by Gasteiger charge is -2.25. The largest absolute Gasteiger partial charge is 0.490 e. The van der Waals surface area contributed by atoms with E-state index in [-0.39, 0.29) is 11.3 Å². The van der Waals surface area contributed by atoms with Gasteiger partial charge in [-0.2, -0.15) is 4.39 Å². The minimum Gasteiger partial charge on any atom is -0.490 e. The molecule has 0 radical (unpaired) electrons. The van der Waals surface area contributed by atoms with Crippen molar-refractivity contribution in [2.45, 2.75) is 78.1 Å². The molecule has 0 aromatic heterocycles. The lowest BCUT2D eigenvalue weighted by Crippen LogP contribution is -2.13. The maximum absolute atomic E-state index is 14.3. The van der Waals surface area contributed by atoms with E-state index in [9.17, 15) is 8.78 Å². The van der Waals surface area contributed by atoms with Gasteiger partial charge in [-0.1, -0.05) is 57.8 Å². The van der Waals surface area contributed by atoms with Crippen LogP contribution in [0.2, 0.25) is 0 Å². The molecule has 0 bridgehead atoms. The summed E-state index contributed by atoms with van der Waals surface area (Å²) < 4.78 is 33.8. The molecule has 1 aliphatic carbocycles. The van der Waals surface area contributed by atoms with Crippen LogP contribution >= 0.6 is 0 Å². The van der Waals surface area contributed by atoms with E-state index >= 15 is 0 Å². The monoisotopic (exact) mass is 362 g/mol. The quantitative estimate of drug-likeness (QED) is 0.362. The summed E-state index contributed by atoms with van der Waals surface area (Å²) in [5.41, 5.74) is 0.136. The van der Waals surface area contributed by atoms with Gasteiger partial charge in [0.15, 0.2) is 11.6 Å². The Morgan fingerprint density at radius 3 is 2.42 bits per heavy atom. The maximum Gasteiger partial charge on any atom is 0.201 e. The van der Waals surface area contributed by atoms with E-state index in [1.165, 1.54) is 37.8 Å². The van der Waals surface area contributed by atoms with Gasteiger partial charge in [-0.3, -0.25) is 0 Å². The maximum atomic E-state index is 14.3. The molecule has 26 heavy (non-hydrogen) atoms. The summed E-state index contributed by atoms with van der Waals surface area (Å²) in [7, 11) is 0. The van der Waals surface area contributed by atoms with Gasteiger partial charge in [-0.05, 0) is 50.2 Å². The van der Waals surface area contributed by atoms with E-state index in [4.69, 9.17) is 4.74 Å². The zero-order valence-corrected chi connectivity index (χ0v) is 16.3. The second-order valence-electron chi connectivity index (χ2n) is 7.42. The molecular formula is C23H32F2O. The summed E-state index contributed by atoms with van der Waals surface area (Å²) >= 11 is 0. The van der Waals surface area contributed by atoms with Gasteiger partial charge in [0, 0.05) is 5.92 Å². The summed E-state index contributed by atoms with van der Waals surface area (Å²) in [6, 6.07) is 3.04. The Morgan fingerprint density at radius 2 is 1.73 bits per heavy atom. The van der Waals surface area contributed by atoms with Crippen LogP contribution in [0.25, 0.3) is 0 Å². The smallest absolute Gasteiger partial charge is 0.201 e. The number of hydrogen-bond acceptors (Lipinski definition) is 1. The molecule has 3 heteroatoms. The van der Waals surface area contributed by atoms with Crippen LogP contribution < -0.4 is 4.74 Å². The highest BCUT2D eigenvalue weighted by Gasteiger charge is 2.19. The van der Waals surface area contributed by atoms with Crippen LogP contribution in [-0.2, 0) is 0 Å². The van der Waals surface area contributed by atoms with E-state index in [0.29, 0.717) is 12.5 Å². The summed E-state index contributed by atoms with van der Waals surface area (Å²) in [5.74, 6) is 5.33. The minimum absolute atomic E-state index is 0.00961. The fraction of sp³-hybridized carbons (Fsp3) is 0.652. The first kappa shape index (κ1) is 20.7. The van der Waals surface area contributed by atoms with Gasteiger partial charge in [0.2, 0.25) is 5.82 Å². The standard InChI is InChI=1S/C23H32F2O/c1-3-5-6-7-17-26-21-16-15-20(22(24)23(21)25)14-13-19-11-9-18(8-4-2)10-12-19/h15-16,18-19H,3-12,17H2,1-2H3/t18-,19-. The third-order valence-corrected chi connectivity index (χ3v) is 5.26. The SMILES string of the molecule is CCCCCCOc1ccc(C#C[C@H]2CC[C@H](CCC)CC2)c(F)c1F. The van der Waals surface area contributed by atoms with Crippen molar-refractivity contribution in [2.75, 3.05) is 6.61 Å². The van der Waals surface area contributed by atoms with Crippen molar-refractivity contribution in [1.29, 1.82) is 0 Å². The Labute approximate surface area is 157 Å². The molecule has 0 atom stereocenters. The molecule has 1 aliphatic rings. The molecule has 0 N–H and O–H groups in total. The Bertz CT molecular complexity index is 607. The molecule has 0 saturated heterocycles. The molecular weight excluding hydrogens is 330 g/mol. The first-order chi connectivity index (χ1) is 12.7. The van der Waals surface area contributed by atoms with Crippen LogP contribution in [0.4, 0.5) is 8.78 Å². The van der Waals surface area contributed by atoms with Gasteiger partial charge >= 0.3 is 0 Å². The third kappa shape index (κ3) is 6.31. The predicted molar refractivity (Wildman–Crippen MR) is 103 cm³/mol. The molecule has 2 rings (SSSR count). The lowest BCUT2D eigenvalue weighted by atomic mass is 9.80. The molecule has 144 valence electrons. The van der Waals surface area contributed by atoms with Crippen molar-refractivity contribution < 1.29 is 13.5 Å². The molecule has 0 amide bonds. The summed E-state index contributed by atoms with van der Waals surface area (Å²) in [6.45, 7) is 4.77. The first-order valence-electron chi connectivity index (χ1n) is 10.3. The lowest BCUT2D eigenvalue weighted by molar-refractivity contribution is 0.285. The van der Waals surface area contributed by atoms with E-state index < -0.39 is 11.6 Å². The van der Waals surface area contributed by atoms with Crippen LogP contribution in [0, 0.1) is 35.3 Å². The van der Waals surface area contributed by atoms with Crippen LogP contribution in [-0.4, -0.2) is 6.61 Å². The summed E-state index contributed by atoms with van der Waals surface area (Å²) in [5, 5.41) is 0. The molecule has 1 saturated carbocycles. The number of halogens is 2. The van der Waals surface area contributed by atoms with Crippen molar-refractivity contribution in [3.8, 4) is 17.6 Å². The fourth-order valence-corrected chi connectivity index (χ4v) is 3.63. The number of unbranched alkanes of at least 4 members (excludes halogenated alkanes) is 3. The average molecular weight is 363 g/mol. The molecule has 1 fully saturated rings. The highest BCUT2D eigenvalue weighted by atomic mass is 19.2. The van der Waals surface area contributed by atoms with E-state index in [2.05, 4.69) is 25.7 Å². The van der Waals surface area contributed by atoms with E-state index in [0.717, 1.165) is 44.4 Å². The third-order valence-electron chi connectivity index (χ3n) is 5.26. The van der Waals surface area contributed by atoms with E-state index in [1.807, 2.05) is 0 Å². The summed E-state index contributed by atoms with van der Waals surface area (Å²) in [4.78, 5) is 0. The molecule has 1 aromatic carbocycles. The zero-order chi connectivity index (χ0) is 18.8. The first-order valence-corrected chi connectivity index (χ1v) is 10.3. The van der Waals surface area contributed by atoms with Crippen molar-refractivity contribution in [2.24, 2.45) is 11.8 Å². The Hall–Kier alpha value is -1.56. The van der Waals surface area contributed by atoms with Gasteiger partial charge in [0.1, 0.15) is 0 Å². The highest BCUT2D eigenvalue weighted by molar-refractivity contribution is 5.41. The minimum atomic E-state index is -0.918. The van der Waals surface area contributed by atoms with Gasteiger partial charge in [0.05, 0.1) is 12.2 Å². The molecule has 0 unspecified atom stereocenters. The Morgan fingerprint density at radius 1 is 0.962 bits per heavy atom. The van der Waals surface area contributed by atoms with Crippen LogP contribution in [0.15, 0.2) is 12.1 Å². The van der Waals surface area contributed by atoms with E-state index in [1.54, 1.807) is 0 Å². The Balaban J connectivity index is 1.90. The van der Waals surface area contributed by atoms with Crippen molar-refractivity contribution in [3.63, 3.8) is 0 Å². The number of rotatable bonds is 8. The van der Waals surface area contributed by atoms with Gasteiger partial charge in [0.25, 0.3) is 0 Å². The van der Waals surface area contributed by atoms with Crippen molar-refractivity contribution >= 4 is 0 Å². The van der Waals surface area contributed by atoms with Crippen LogP contribution in [0.1, 0.15) is 83.6 Å². The molecule has 1 nitrogen and oxygen atoms in total. The molecule has 1 aromatic rings. The highest BCUT2D eigenvalue weighted by Crippen LogP contribution is 2.31. The van der Waals surface area contributed by atoms with Crippen molar-refractivity contribution in [1.82, 2.24) is 0 Å². The second kappa shape index (κ2) is 11.2. The molecule has 0 spiro atoms. The number of benzene rings is 1. The number of hydrogen-bond donors (Lipinski definition) is 0. The van der Waals surface area contributed by atoms with Crippen molar-refractivity contribution in [3.05, 3.63) is 29.3 Å². The normalized spacial score (nSPS) is 19.7. The Kier molecular flexibility index (Phi) is 8.95. The van der Waals surface area contributed by atoms with Gasteiger partial charge in [-0.25, -0.2) is 4.39 Å². The molecule has 0 aliphatic heterocycles. The van der Waals surface area contributed by atoms with Crippen LogP contribution in [0.5, 0.6) is 5.75 Å². The van der Waals surface area contributed by atoms with Crippen LogP contribution in [0.3, 0.4) is 0 Å². The number of ether oxygens (including phenoxy) is 1. The summed E-state index contributed by atoms with van der Waals surface area (Å²) in [6.07, 6.45) is 11.2. The topological polar surface area (TPSA) is 9.23 Å². The molecule has 0 heterocycles. The second-order valence-corrected chi connectivity index (χ2v) is 7.42. The zero-order valence-electron chi connectivity index (χ0n) is 16.3. The van der Waals surface area contributed by atoms with Gasteiger partial charge < -0.3 is 4.74 Å². The fourth-order valence-electron chi connectivity index (χ4n) is 3.63. The van der Waals surface area contributed by atoms with Gasteiger partial charge in [-0.15, -0.1) is 0 Å². The predicted octanol–water partition coefficient (Wildman–Crippen LogP) is 6.88. The average Bonchev–Trinajstić information content (AvgIpc) is 2.65.